The summed E-state index contributed by atoms with van der Waals surface area (Å²) < 4.78 is 7.32. The highest BCUT2D eigenvalue weighted by Gasteiger charge is 2.31. The zero-order chi connectivity index (χ0) is 18.6. The summed E-state index contributed by atoms with van der Waals surface area (Å²) in [6, 6.07) is 10.3. The number of carbonyl (C=O) groups excluding carboxylic acids is 1. The van der Waals surface area contributed by atoms with E-state index in [1.54, 1.807) is 6.20 Å². The van der Waals surface area contributed by atoms with Gasteiger partial charge in [0.25, 0.3) is 5.91 Å². The first-order chi connectivity index (χ1) is 13.2. The Labute approximate surface area is 160 Å². The normalized spacial score (nSPS) is 21.4. The number of morpholine rings is 1. The standard InChI is InChI=1S/C21H28N4O2/c1-17-20(15-22-25(17)18-7-3-2-4-8-18)21(26)24-10-6-5-9-19(24)16-23-11-13-27-14-12-23/h2-4,7-8,15,19H,5-6,9-14,16H2,1H3. The van der Waals surface area contributed by atoms with Crippen LogP contribution in [0.5, 0.6) is 0 Å². The molecule has 0 spiro atoms. The predicted octanol–water partition coefficient (Wildman–Crippen LogP) is 2.51. The molecule has 2 aliphatic rings. The summed E-state index contributed by atoms with van der Waals surface area (Å²) in [4.78, 5) is 17.9. The summed E-state index contributed by atoms with van der Waals surface area (Å²) in [7, 11) is 0. The SMILES string of the molecule is Cc1c(C(=O)N2CCCCC2CN2CCOCC2)cnn1-c1ccccc1. The molecule has 1 unspecified atom stereocenters. The molecule has 0 N–H and O–H groups in total. The van der Waals surface area contributed by atoms with Crippen molar-refractivity contribution in [1.82, 2.24) is 19.6 Å². The lowest BCUT2D eigenvalue weighted by Crippen LogP contribution is -2.51. The Balaban J connectivity index is 1.52. The summed E-state index contributed by atoms with van der Waals surface area (Å²) >= 11 is 0. The van der Waals surface area contributed by atoms with Gasteiger partial charge in [0, 0.05) is 32.2 Å². The van der Waals surface area contributed by atoms with Crippen molar-refractivity contribution >= 4 is 5.91 Å². The molecule has 1 aromatic heterocycles. The molecule has 2 fully saturated rings. The van der Waals surface area contributed by atoms with Crippen molar-refractivity contribution in [3.8, 4) is 5.69 Å². The molecule has 2 saturated heterocycles. The monoisotopic (exact) mass is 368 g/mol. The molecule has 2 aliphatic heterocycles. The fourth-order valence-corrected chi connectivity index (χ4v) is 4.14. The molecule has 0 bridgehead atoms. The zero-order valence-electron chi connectivity index (χ0n) is 16.0. The second kappa shape index (κ2) is 8.23. The van der Waals surface area contributed by atoms with E-state index in [0.717, 1.165) is 63.6 Å². The first kappa shape index (κ1) is 18.2. The minimum Gasteiger partial charge on any atom is -0.379 e. The van der Waals surface area contributed by atoms with Gasteiger partial charge < -0.3 is 9.64 Å². The van der Waals surface area contributed by atoms with Gasteiger partial charge in [-0.2, -0.15) is 5.10 Å². The van der Waals surface area contributed by atoms with Crippen molar-refractivity contribution in [2.45, 2.75) is 32.2 Å². The highest BCUT2D eigenvalue weighted by Crippen LogP contribution is 2.23. The van der Waals surface area contributed by atoms with Gasteiger partial charge in [0.05, 0.1) is 36.4 Å². The summed E-state index contributed by atoms with van der Waals surface area (Å²) in [5.41, 5.74) is 2.60. The summed E-state index contributed by atoms with van der Waals surface area (Å²) in [5.74, 6) is 0.118. The van der Waals surface area contributed by atoms with Crippen molar-refractivity contribution in [2.75, 3.05) is 39.4 Å². The van der Waals surface area contributed by atoms with Crippen molar-refractivity contribution in [3.05, 3.63) is 47.8 Å². The molecule has 1 atom stereocenters. The molecule has 4 rings (SSSR count). The van der Waals surface area contributed by atoms with Gasteiger partial charge in [-0.15, -0.1) is 0 Å². The molecular weight excluding hydrogens is 340 g/mol. The molecule has 6 heteroatoms. The molecule has 2 aromatic rings. The summed E-state index contributed by atoms with van der Waals surface area (Å²) in [6.07, 6.45) is 5.08. The lowest BCUT2D eigenvalue weighted by atomic mass is 10.00. The summed E-state index contributed by atoms with van der Waals surface area (Å²) in [6.45, 7) is 7.28. The Morgan fingerprint density at radius 3 is 2.70 bits per heavy atom. The average molecular weight is 368 g/mol. The Hall–Kier alpha value is -2.18. The van der Waals surface area contributed by atoms with Crippen LogP contribution >= 0.6 is 0 Å². The number of benzene rings is 1. The second-order valence-corrected chi connectivity index (χ2v) is 7.45. The van der Waals surface area contributed by atoms with Crippen LogP contribution < -0.4 is 0 Å². The van der Waals surface area contributed by atoms with Crippen LogP contribution in [-0.4, -0.2) is 70.9 Å². The van der Waals surface area contributed by atoms with Gasteiger partial charge in [-0.1, -0.05) is 18.2 Å². The number of amides is 1. The largest absolute Gasteiger partial charge is 0.379 e. The molecule has 0 saturated carbocycles. The highest BCUT2D eigenvalue weighted by atomic mass is 16.5. The van der Waals surface area contributed by atoms with E-state index in [4.69, 9.17) is 4.74 Å². The number of hydrogen-bond donors (Lipinski definition) is 0. The molecule has 3 heterocycles. The first-order valence-electron chi connectivity index (χ1n) is 9.95. The molecule has 0 radical (unpaired) electrons. The predicted molar refractivity (Wildman–Crippen MR) is 104 cm³/mol. The van der Waals surface area contributed by atoms with Gasteiger partial charge in [-0.05, 0) is 38.3 Å². The molecule has 27 heavy (non-hydrogen) atoms. The second-order valence-electron chi connectivity index (χ2n) is 7.45. The minimum atomic E-state index is 0.118. The molecule has 6 nitrogen and oxygen atoms in total. The van der Waals surface area contributed by atoms with Crippen LogP contribution in [0.1, 0.15) is 35.3 Å². The van der Waals surface area contributed by atoms with E-state index in [9.17, 15) is 4.79 Å². The van der Waals surface area contributed by atoms with Crippen LogP contribution in [0.2, 0.25) is 0 Å². The van der Waals surface area contributed by atoms with Crippen molar-refractivity contribution < 1.29 is 9.53 Å². The molecule has 144 valence electrons. The third-order valence-corrected chi connectivity index (χ3v) is 5.70. The van der Waals surface area contributed by atoms with Gasteiger partial charge >= 0.3 is 0 Å². The molecule has 1 aromatic carbocycles. The molecule has 0 aliphatic carbocycles. The van der Waals surface area contributed by atoms with Crippen molar-refractivity contribution in [1.29, 1.82) is 0 Å². The van der Waals surface area contributed by atoms with E-state index in [0.29, 0.717) is 5.56 Å². The van der Waals surface area contributed by atoms with Crippen LogP contribution in [-0.2, 0) is 4.74 Å². The minimum absolute atomic E-state index is 0.118. The maximum Gasteiger partial charge on any atom is 0.257 e. The van der Waals surface area contributed by atoms with Crippen LogP contribution in [0.3, 0.4) is 0 Å². The van der Waals surface area contributed by atoms with Gasteiger partial charge in [-0.25, -0.2) is 4.68 Å². The Bertz CT molecular complexity index is 768. The third kappa shape index (κ3) is 3.92. The number of para-hydroxylation sites is 1. The number of hydrogen-bond acceptors (Lipinski definition) is 4. The topological polar surface area (TPSA) is 50.6 Å². The fraction of sp³-hybridized carbons (Fsp3) is 0.524. The van der Waals surface area contributed by atoms with Gasteiger partial charge in [0.15, 0.2) is 0 Å². The Morgan fingerprint density at radius 2 is 1.93 bits per heavy atom. The Morgan fingerprint density at radius 1 is 1.15 bits per heavy atom. The first-order valence-corrected chi connectivity index (χ1v) is 9.95. The maximum atomic E-state index is 13.3. The quantitative estimate of drug-likeness (QED) is 0.832. The third-order valence-electron chi connectivity index (χ3n) is 5.70. The van der Waals surface area contributed by atoms with Gasteiger partial charge in [0.2, 0.25) is 0 Å². The fourth-order valence-electron chi connectivity index (χ4n) is 4.14. The molecule has 1 amide bonds. The van der Waals surface area contributed by atoms with Crippen LogP contribution in [0.15, 0.2) is 36.5 Å². The average Bonchev–Trinajstić information content (AvgIpc) is 3.11. The van der Waals surface area contributed by atoms with Crippen molar-refractivity contribution in [3.63, 3.8) is 0 Å². The lowest BCUT2D eigenvalue weighted by Gasteiger charge is -2.39. The Kier molecular flexibility index (Phi) is 5.55. The van der Waals surface area contributed by atoms with Crippen LogP contribution in [0.4, 0.5) is 0 Å². The van der Waals surface area contributed by atoms with E-state index < -0.39 is 0 Å². The number of aromatic nitrogens is 2. The van der Waals surface area contributed by atoms with Gasteiger partial charge in [-0.3, -0.25) is 9.69 Å². The van der Waals surface area contributed by atoms with Crippen LogP contribution in [0, 0.1) is 6.92 Å². The number of nitrogens with zero attached hydrogens (tertiary/aromatic N) is 4. The van der Waals surface area contributed by atoms with Gasteiger partial charge in [0.1, 0.15) is 0 Å². The van der Waals surface area contributed by atoms with E-state index in [1.807, 2.05) is 41.9 Å². The highest BCUT2D eigenvalue weighted by molar-refractivity contribution is 5.95. The lowest BCUT2D eigenvalue weighted by molar-refractivity contribution is 0.0166. The number of rotatable bonds is 4. The number of ether oxygens (including phenoxy) is 1. The number of piperidine rings is 1. The van der Waals surface area contributed by atoms with Crippen molar-refractivity contribution in [2.24, 2.45) is 0 Å². The summed E-state index contributed by atoms with van der Waals surface area (Å²) in [5, 5.41) is 4.48. The van der Waals surface area contributed by atoms with E-state index in [-0.39, 0.29) is 11.9 Å². The van der Waals surface area contributed by atoms with Crippen LogP contribution in [0.25, 0.3) is 5.69 Å². The van der Waals surface area contributed by atoms with E-state index >= 15 is 0 Å². The molecular formula is C21H28N4O2. The smallest absolute Gasteiger partial charge is 0.257 e. The zero-order valence-corrected chi connectivity index (χ0v) is 16.0. The van der Waals surface area contributed by atoms with E-state index in [2.05, 4.69) is 14.9 Å². The number of carbonyl (C=O) groups is 1. The maximum absolute atomic E-state index is 13.3. The number of likely N-dealkylation sites (tertiary alicyclic amines) is 1. The van der Waals surface area contributed by atoms with E-state index in [1.165, 1.54) is 6.42 Å².